The van der Waals surface area contributed by atoms with Crippen LogP contribution in [-0.2, 0) is 0 Å². The molecule has 0 bridgehead atoms. The fraction of sp³-hybridized carbons (Fsp3) is 0.429. The van der Waals surface area contributed by atoms with Crippen LogP contribution in [0.25, 0.3) is 0 Å². The van der Waals surface area contributed by atoms with Crippen molar-refractivity contribution in [3.8, 4) is 5.88 Å². The van der Waals surface area contributed by atoms with E-state index < -0.39 is 0 Å². The van der Waals surface area contributed by atoms with E-state index in [1.54, 1.807) is 19.5 Å². The lowest BCUT2D eigenvalue weighted by Crippen LogP contribution is -2.11. The van der Waals surface area contributed by atoms with Crippen LogP contribution in [0.5, 0.6) is 5.88 Å². The molecule has 0 spiro atoms. The van der Waals surface area contributed by atoms with Gasteiger partial charge in [0.2, 0.25) is 5.88 Å². The number of ether oxygens (including phenoxy) is 1. The first-order chi connectivity index (χ1) is 5.24. The third-order valence-corrected chi connectivity index (χ3v) is 1.27. The van der Waals surface area contributed by atoms with Crippen molar-refractivity contribution in [2.45, 2.75) is 0 Å². The number of rotatable bonds is 2. The monoisotopic (exact) mass is 153 g/mol. The van der Waals surface area contributed by atoms with Crippen molar-refractivity contribution in [2.75, 3.05) is 26.1 Å². The third kappa shape index (κ3) is 1.80. The van der Waals surface area contributed by atoms with Crippen LogP contribution in [0.2, 0.25) is 0 Å². The maximum Gasteiger partial charge on any atom is 0.233 e. The first-order valence-corrected chi connectivity index (χ1v) is 3.27. The molecule has 4 nitrogen and oxygen atoms in total. The number of nitrogens with zero attached hydrogens (tertiary/aromatic N) is 3. The SMILES string of the molecule is COc1cncc(N(C)C)n1. The maximum absolute atomic E-state index is 4.90. The summed E-state index contributed by atoms with van der Waals surface area (Å²) in [4.78, 5) is 9.95. The maximum atomic E-state index is 4.90. The Balaban J connectivity index is 2.91. The number of methoxy groups -OCH3 is 1. The molecule has 4 heteroatoms. The minimum absolute atomic E-state index is 0.538. The Morgan fingerprint density at radius 1 is 1.36 bits per heavy atom. The van der Waals surface area contributed by atoms with Gasteiger partial charge in [0.05, 0.1) is 19.5 Å². The van der Waals surface area contributed by atoms with Gasteiger partial charge in [-0.1, -0.05) is 0 Å². The molecule has 1 rings (SSSR count). The lowest BCUT2D eigenvalue weighted by Gasteiger charge is -2.10. The quantitative estimate of drug-likeness (QED) is 0.622. The van der Waals surface area contributed by atoms with Gasteiger partial charge in [-0.2, -0.15) is 4.98 Å². The van der Waals surface area contributed by atoms with E-state index >= 15 is 0 Å². The molecule has 0 radical (unpaired) electrons. The van der Waals surface area contributed by atoms with E-state index in [1.165, 1.54) is 0 Å². The first kappa shape index (κ1) is 7.78. The van der Waals surface area contributed by atoms with E-state index in [-0.39, 0.29) is 0 Å². The van der Waals surface area contributed by atoms with E-state index in [1.807, 2.05) is 19.0 Å². The van der Waals surface area contributed by atoms with Crippen LogP contribution in [0.3, 0.4) is 0 Å². The number of anilines is 1. The van der Waals surface area contributed by atoms with E-state index in [0.717, 1.165) is 5.82 Å². The topological polar surface area (TPSA) is 38.2 Å². The second-order valence-electron chi connectivity index (χ2n) is 2.31. The summed E-state index contributed by atoms with van der Waals surface area (Å²) in [6.45, 7) is 0. The van der Waals surface area contributed by atoms with Crippen molar-refractivity contribution < 1.29 is 4.74 Å². The lowest BCUT2D eigenvalue weighted by molar-refractivity contribution is 0.396. The van der Waals surface area contributed by atoms with Crippen molar-refractivity contribution in [3.05, 3.63) is 12.4 Å². The second-order valence-corrected chi connectivity index (χ2v) is 2.31. The first-order valence-electron chi connectivity index (χ1n) is 3.27. The van der Waals surface area contributed by atoms with E-state index in [2.05, 4.69) is 9.97 Å². The summed E-state index contributed by atoms with van der Waals surface area (Å²) in [6, 6.07) is 0. The van der Waals surface area contributed by atoms with Gasteiger partial charge in [0.1, 0.15) is 0 Å². The van der Waals surface area contributed by atoms with Gasteiger partial charge in [-0.25, -0.2) is 0 Å². The standard InChI is InChI=1S/C7H11N3O/c1-10(2)6-4-8-5-7(9-6)11-3/h4-5H,1-3H3. The Morgan fingerprint density at radius 3 is 2.64 bits per heavy atom. The highest BCUT2D eigenvalue weighted by molar-refractivity contribution is 5.34. The van der Waals surface area contributed by atoms with E-state index in [0.29, 0.717) is 5.88 Å². The number of hydrogen-bond acceptors (Lipinski definition) is 4. The Labute approximate surface area is 65.8 Å². The summed E-state index contributed by atoms with van der Waals surface area (Å²) < 4.78 is 4.90. The van der Waals surface area contributed by atoms with E-state index in [4.69, 9.17) is 4.74 Å². The van der Waals surface area contributed by atoms with Crippen LogP contribution in [0.4, 0.5) is 5.82 Å². The van der Waals surface area contributed by atoms with Crippen molar-refractivity contribution in [1.82, 2.24) is 9.97 Å². The number of hydrogen-bond donors (Lipinski definition) is 0. The highest BCUT2D eigenvalue weighted by Crippen LogP contribution is 2.09. The van der Waals surface area contributed by atoms with Gasteiger partial charge >= 0.3 is 0 Å². The highest BCUT2D eigenvalue weighted by Gasteiger charge is 1.98. The fourth-order valence-electron chi connectivity index (χ4n) is 0.652. The largest absolute Gasteiger partial charge is 0.480 e. The molecule has 0 atom stereocenters. The van der Waals surface area contributed by atoms with Crippen molar-refractivity contribution in [3.63, 3.8) is 0 Å². The minimum Gasteiger partial charge on any atom is -0.480 e. The van der Waals surface area contributed by atoms with Crippen LogP contribution >= 0.6 is 0 Å². The smallest absolute Gasteiger partial charge is 0.233 e. The second kappa shape index (κ2) is 3.18. The van der Waals surface area contributed by atoms with Gasteiger partial charge in [0.15, 0.2) is 5.82 Å². The van der Waals surface area contributed by atoms with Crippen molar-refractivity contribution >= 4 is 5.82 Å². The third-order valence-electron chi connectivity index (χ3n) is 1.27. The summed E-state index contributed by atoms with van der Waals surface area (Å²) >= 11 is 0. The van der Waals surface area contributed by atoms with Gasteiger partial charge in [-0.05, 0) is 0 Å². The molecule has 0 saturated heterocycles. The summed E-state index contributed by atoms with van der Waals surface area (Å²) in [7, 11) is 5.39. The zero-order valence-corrected chi connectivity index (χ0v) is 6.90. The average Bonchev–Trinajstić information content (AvgIpc) is 2.05. The average molecular weight is 153 g/mol. The van der Waals surface area contributed by atoms with Gasteiger partial charge in [-0.15, -0.1) is 0 Å². The van der Waals surface area contributed by atoms with Crippen LogP contribution < -0.4 is 9.64 Å². The summed E-state index contributed by atoms with van der Waals surface area (Å²) in [5.74, 6) is 1.33. The number of aromatic nitrogens is 2. The normalized spacial score (nSPS) is 9.36. The molecular weight excluding hydrogens is 142 g/mol. The van der Waals surface area contributed by atoms with Gasteiger partial charge in [-0.3, -0.25) is 4.98 Å². The molecule has 0 saturated carbocycles. The van der Waals surface area contributed by atoms with Gasteiger partial charge in [0, 0.05) is 14.1 Å². The Bertz CT molecular complexity index is 237. The van der Waals surface area contributed by atoms with E-state index in [9.17, 15) is 0 Å². The molecule has 0 N–H and O–H groups in total. The zero-order valence-electron chi connectivity index (χ0n) is 6.90. The molecule has 0 aliphatic rings. The highest BCUT2D eigenvalue weighted by atomic mass is 16.5. The molecule has 1 heterocycles. The Hall–Kier alpha value is -1.32. The molecule has 60 valence electrons. The molecule has 0 unspecified atom stereocenters. The van der Waals surface area contributed by atoms with Crippen LogP contribution in [0.1, 0.15) is 0 Å². The van der Waals surface area contributed by atoms with Crippen molar-refractivity contribution in [2.24, 2.45) is 0 Å². The molecule has 0 aromatic carbocycles. The summed E-state index contributed by atoms with van der Waals surface area (Å²) in [6.07, 6.45) is 3.26. The molecule has 0 aliphatic carbocycles. The molecular formula is C7H11N3O. The van der Waals surface area contributed by atoms with Crippen LogP contribution in [0, 0.1) is 0 Å². The predicted molar refractivity (Wildman–Crippen MR) is 42.9 cm³/mol. The van der Waals surface area contributed by atoms with Gasteiger partial charge < -0.3 is 9.64 Å². The molecule has 0 fully saturated rings. The van der Waals surface area contributed by atoms with Crippen LogP contribution in [-0.4, -0.2) is 31.2 Å². The summed E-state index contributed by atoms with van der Waals surface area (Å²) in [5.41, 5.74) is 0. The molecule has 1 aromatic heterocycles. The molecule has 0 amide bonds. The zero-order chi connectivity index (χ0) is 8.27. The van der Waals surface area contributed by atoms with Crippen LogP contribution in [0.15, 0.2) is 12.4 Å². The summed E-state index contributed by atoms with van der Waals surface area (Å²) in [5, 5.41) is 0. The molecule has 0 aliphatic heterocycles. The van der Waals surface area contributed by atoms with Gasteiger partial charge in [0.25, 0.3) is 0 Å². The molecule has 1 aromatic rings. The fourth-order valence-corrected chi connectivity index (χ4v) is 0.652. The molecule has 11 heavy (non-hydrogen) atoms. The lowest BCUT2D eigenvalue weighted by atomic mass is 10.6. The minimum atomic E-state index is 0.538. The Kier molecular flexibility index (Phi) is 2.25. The van der Waals surface area contributed by atoms with Crippen molar-refractivity contribution in [1.29, 1.82) is 0 Å². The Morgan fingerprint density at radius 2 is 2.09 bits per heavy atom. The predicted octanol–water partition coefficient (Wildman–Crippen LogP) is 0.551.